The Balaban J connectivity index is 1.45. The van der Waals surface area contributed by atoms with Gasteiger partial charge in [-0.15, -0.1) is 11.3 Å². The number of hydrogen-bond acceptors (Lipinski definition) is 4. The van der Waals surface area contributed by atoms with E-state index in [9.17, 15) is 9.59 Å². The van der Waals surface area contributed by atoms with Gasteiger partial charge < -0.3 is 10.6 Å². The molecule has 0 unspecified atom stereocenters. The van der Waals surface area contributed by atoms with Gasteiger partial charge >= 0.3 is 0 Å². The number of nitrogens with one attached hydrogen (secondary N) is 2. The fourth-order valence-electron chi connectivity index (χ4n) is 2.65. The molecule has 28 heavy (non-hydrogen) atoms. The van der Waals surface area contributed by atoms with Gasteiger partial charge in [0.25, 0.3) is 5.91 Å². The molecular weight excluding hydrogens is 394 g/mol. The summed E-state index contributed by atoms with van der Waals surface area (Å²) in [6.07, 6.45) is 0.848. The zero-order chi connectivity index (χ0) is 19.9. The number of hydrogen-bond donors (Lipinski definition) is 2. The van der Waals surface area contributed by atoms with E-state index >= 15 is 0 Å². The van der Waals surface area contributed by atoms with Crippen molar-refractivity contribution in [3.05, 3.63) is 70.1 Å². The van der Waals surface area contributed by atoms with Crippen LogP contribution in [0.25, 0.3) is 11.3 Å². The molecule has 0 fully saturated rings. The number of halogens is 1. The molecule has 0 spiro atoms. The summed E-state index contributed by atoms with van der Waals surface area (Å²) in [5, 5.41) is 6.81. The van der Waals surface area contributed by atoms with Crippen LogP contribution in [0.15, 0.2) is 54.6 Å². The Morgan fingerprint density at radius 1 is 1.07 bits per heavy atom. The second-order valence-corrected chi connectivity index (χ2v) is 7.84. The van der Waals surface area contributed by atoms with Crippen molar-refractivity contribution in [2.75, 3.05) is 11.9 Å². The Morgan fingerprint density at radius 2 is 1.79 bits per heavy atom. The van der Waals surface area contributed by atoms with Crippen LogP contribution in [0, 0.1) is 6.92 Å². The number of carbonyl (C=O) groups is 2. The van der Waals surface area contributed by atoms with E-state index in [1.165, 1.54) is 11.3 Å². The van der Waals surface area contributed by atoms with Crippen LogP contribution < -0.4 is 10.6 Å². The van der Waals surface area contributed by atoms with Crippen molar-refractivity contribution < 1.29 is 9.59 Å². The molecule has 0 saturated heterocycles. The zero-order valence-electron chi connectivity index (χ0n) is 15.4. The number of aryl methyl sites for hydroxylation is 1. The first kappa shape index (κ1) is 20.0. The van der Waals surface area contributed by atoms with Crippen LogP contribution in [-0.4, -0.2) is 23.3 Å². The fraction of sp³-hybridized carbons (Fsp3) is 0.190. The van der Waals surface area contributed by atoms with Gasteiger partial charge in [-0.3, -0.25) is 9.59 Å². The van der Waals surface area contributed by atoms with Gasteiger partial charge in [0.15, 0.2) is 5.13 Å². The van der Waals surface area contributed by atoms with Crippen LogP contribution in [0.5, 0.6) is 0 Å². The molecule has 1 aromatic heterocycles. The Labute approximate surface area is 172 Å². The van der Waals surface area contributed by atoms with Crippen LogP contribution in [0.4, 0.5) is 5.13 Å². The van der Waals surface area contributed by atoms with Gasteiger partial charge in [-0.1, -0.05) is 41.9 Å². The Bertz CT molecular complexity index is 956. The lowest BCUT2D eigenvalue weighted by Crippen LogP contribution is -2.25. The second-order valence-electron chi connectivity index (χ2n) is 6.20. The van der Waals surface area contributed by atoms with E-state index < -0.39 is 0 Å². The van der Waals surface area contributed by atoms with Crippen LogP contribution >= 0.6 is 22.9 Å². The van der Waals surface area contributed by atoms with Gasteiger partial charge in [-0.05, 0) is 37.6 Å². The molecule has 3 aromatic rings. The predicted octanol–water partition coefficient (Wildman–Crippen LogP) is 4.92. The number of amides is 2. The number of thiazole rings is 1. The summed E-state index contributed by atoms with van der Waals surface area (Å²) in [6.45, 7) is 2.41. The van der Waals surface area contributed by atoms with Gasteiger partial charge in [-0.2, -0.15) is 0 Å². The van der Waals surface area contributed by atoms with E-state index in [4.69, 9.17) is 11.6 Å². The summed E-state index contributed by atoms with van der Waals surface area (Å²) >= 11 is 7.27. The smallest absolute Gasteiger partial charge is 0.251 e. The number of nitrogens with zero attached hydrogens (tertiary/aromatic N) is 1. The lowest BCUT2D eigenvalue weighted by molar-refractivity contribution is -0.116. The normalized spacial score (nSPS) is 10.5. The molecule has 3 rings (SSSR count). The van der Waals surface area contributed by atoms with Crippen molar-refractivity contribution in [2.24, 2.45) is 0 Å². The number of benzene rings is 2. The summed E-state index contributed by atoms with van der Waals surface area (Å²) < 4.78 is 0. The quantitative estimate of drug-likeness (QED) is 0.540. The third-order valence-corrected chi connectivity index (χ3v) is 5.20. The van der Waals surface area contributed by atoms with E-state index in [0.29, 0.717) is 35.1 Å². The second kappa shape index (κ2) is 9.48. The average molecular weight is 414 g/mol. The van der Waals surface area contributed by atoms with Gasteiger partial charge in [0.1, 0.15) is 0 Å². The highest BCUT2D eigenvalue weighted by atomic mass is 35.5. The van der Waals surface area contributed by atoms with Crippen molar-refractivity contribution in [2.45, 2.75) is 19.8 Å². The Hall–Kier alpha value is -2.70. The monoisotopic (exact) mass is 413 g/mol. The minimum Gasteiger partial charge on any atom is -0.352 e. The molecule has 0 atom stereocenters. The molecule has 1 heterocycles. The van der Waals surface area contributed by atoms with E-state index in [2.05, 4.69) is 15.6 Å². The van der Waals surface area contributed by atoms with Crippen molar-refractivity contribution in [1.29, 1.82) is 0 Å². The first-order valence-corrected chi connectivity index (χ1v) is 10.1. The molecule has 5 nitrogen and oxygen atoms in total. The largest absolute Gasteiger partial charge is 0.352 e. The molecular formula is C21H20ClN3O2S. The van der Waals surface area contributed by atoms with E-state index in [0.717, 1.165) is 16.1 Å². The van der Waals surface area contributed by atoms with Crippen molar-refractivity contribution in [3.8, 4) is 11.3 Å². The van der Waals surface area contributed by atoms with Crippen LogP contribution in [0.1, 0.15) is 28.1 Å². The first-order valence-electron chi connectivity index (χ1n) is 8.89. The zero-order valence-corrected chi connectivity index (χ0v) is 16.9. The molecule has 0 saturated carbocycles. The lowest BCUT2D eigenvalue weighted by atomic mass is 10.1. The maximum absolute atomic E-state index is 12.1. The third-order valence-electron chi connectivity index (χ3n) is 4.06. The molecule has 2 aromatic carbocycles. The number of anilines is 1. The van der Waals surface area contributed by atoms with Crippen LogP contribution in [0.2, 0.25) is 5.02 Å². The lowest BCUT2D eigenvalue weighted by Gasteiger charge is -2.05. The average Bonchev–Trinajstić information content (AvgIpc) is 3.06. The van der Waals surface area contributed by atoms with Crippen LogP contribution in [0.3, 0.4) is 0 Å². The molecule has 0 radical (unpaired) electrons. The molecule has 0 aliphatic heterocycles. The highest BCUT2D eigenvalue weighted by Crippen LogP contribution is 2.30. The van der Waals surface area contributed by atoms with Gasteiger partial charge in [0.2, 0.25) is 5.91 Å². The summed E-state index contributed by atoms with van der Waals surface area (Å²) in [7, 11) is 0. The minimum atomic E-state index is -0.180. The van der Waals surface area contributed by atoms with E-state index in [1.54, 1.807) is 24.3 Å². The Kier molecular flexibility index (Phi) is 6.79. The fourth-order valence-corrected chi connectivity index (χ4v) is 3.63. The standard InChI is InChI=1S/C21H20ClN3O2S/c1-14-19(15-6-3-2-4-7-15)25-21(28-14)24-18(26)8-5-13-23-20(27)16-9-11-17(22)12-10-16/h2-4,6-7,9-12H,5,8,13H2,1H3,(H,23,27)(H,24,25,26). The molecule has 0 bridgehead atoms. The van der Waals surface area contributed by atoms with Crippen molar-refractivity contribution in [1.82, 2.24) is 10.3 Å². The van der Waals surface area contributed by atoms with Gasteiger partial charge in [-0.25, -0.2) is 4.98 Å². The van der Waals surface area contributed by atoms with Crippen LogP contribution in [-0.2, 0) is 4.79 Å². The van der Waals surface area contributed by atoms with E-state index in [-0.39, 0.29) is 11.8 Å². The topological polar surface area (TPSA) is 71.1 Å². The molecule has 0 aliphatic carbocycles. The SMILES string of the molecule is Cc1sc(NC(=O)CCCNC(=O)c2ccc(Cl)cc2)nc1-c1ccccc1. The molecule has 144 valence electrons. The predicted molar refractivity (Wildman–Crippen MR) is 114 cm³/mol. The summed E-state index contributed by atoms with van der Waals surface area (Å²) in [5.41, 5.74) is 2.46. The molecule has 2 amide bonds. The van der Waals surface area contributed by atoms with E-state index in [1.807, 2.05) is 37.3 Å². The highest BCUT2D eigenvalue weighted by Gasteiger charge is 2.12. The van der Waals surface area contributed by atoms with Gasteiger partial charge in [0.05, 0.1) is 5.69 Å². The minimum absolute atomic E-state index is 0.117. The number of aromatic nitrogens is 1. The summed E-state index contributed by atoms with van der Waals surface area (Å²) in [4.78, 5) is 29.7. The van der Waals surface area contributed by atoms with Crippen molar-refractivity contribution in [3.63, 3.8) is 0 Å². The first-order chi connectivity index (χ1) is 13.5. The molecule has 7 heteroatoms. The number of rotatable bonds is 7. The maximum atomic E-state index is 12.1. The number of carbonyl (C=O) groups excluding carboxylic acids is 2. The van der Waals surface area contributed by atoms with Crippen molar-refractivity contribution >= 4 is 39.9 Å². The maximum Gasteiger partial charge on any atom is 0.251 e. The summed E-state index contributed by atoms with van der Waals surface area (Å²) in [5.74, 6) is -0.297. The summed E-state index contributed by atoms with van der Waals surface area (Å²) in [6, 6.07) is 16.6. The third kappa shape index (κ3) is 5.41. The molecule has 0 aliphatic rings. The van der Waals surface area contributed by atoms with Gasteiger partial charge in [0, 0.05) is 34.0 Å². The Morgan fingerprint density at radius 3 is 2.50 bits per heavy atom. The highest BCUT2D eigenvalue weighted by molar-refractivity contribution is 7.16. The molecule has 2 N–H and O–H groups in total.